The SMILES string of the molecule is CC(CCS(=O)(=O)O)NC1(C)CCCCC1. The summed E-state index contributed by atoms with van der Waals surface area (Å²) < 4.78 is 30.0. The van der Waals surface area contributed by atoms with Crippen LogP contribution in [-0.4, -0.2) is 30.3 Å². The van der Waals surface area contributed by atoms with Crippen LogP contribution in [0.25, 0.3) is 0 Å². The molecule has 1 rings (SSSR count). The second-order valence-electron chi connectivity index (χ2n) is 5.24. The molecule has 0 aromatic heterocycles. The van der Waals surface area contributed by atoms with Gasteiger partial charge in [0, 0.05) is 11.6 Å². The first kappa shape index (κ1) is 13.9. The fourth-order valence-corrected chi connectivity index (χ4v) is 3.12. The van der Waals surface area contributed by atoms with E-state index in [1.165, 1.54) is 19.3 Å². The van der Waals surface area contributed by atoms with Crippen molar-refractivity contribution in [1.82, 2.24) is 5.32 Å². The molecule has 0 saturated heterocycles. The van der Waals surface area contributed by atoms with Crippen molar-refractivity contribution in [1.29, 1.82) is 0 Å². The van der Waals surface area contributed by atoms with Crippen LogP contribution in [0.4, 0.5) is 0 Å². The molecule has 0 aromatic carbocycles. The predicted octanol–water partition coefficient (Wildman–Crippen LogP) is 1.97. The van der Waals surface area contributed by atoms with Crippen molar-refractivity contribution >= 4 is 10.1 Å². The van der Waals surface area contributed by atoms with Crippen LogP contribution in [-0.2, 0) is 10.1 Å². The summed E-state index contributed by atoms with van der Waals surface area (Å²) >= 11 is 0. The van der Waals surface area contributed by atoms with Crippen LogP contribution in [0.3, 0.4) is 0 Å². The van der Waals surface area contributed by atoms with Gasteiger partial charge in [0.1, 0.15) is 0 Å². The molecule has 0 aromatic rings. The highest BCUT2D eigenvalue weighted by Gasteiger charge is 2.27. The van der Waals surface area contributed by atoms with Gasteiger partial charge in [0.2, 0.25) is 0 Å². The topological polar surface area (TPSA) is 66.4 Å². The van der Waals surface area contributed by atoms with Crippen molar-refractivity contribution in [2.75, 3.05) is 5.75 Å². The fourth-order valence-electron chi connectivity index (χ4n) is 2.47. The van der Waals surface area contributed by atoms with Gasteiger partial charge in [0.15, 0.2) is 0 Å². The molecule has 0 aliphatic heterocycles. The van der Waals surface area contributed by atoms with Crippen molar-refractivity contribution < 1.29 is 13.0 Å². The maximum atomic E-state index is 10.6. The monoisotopic (exact) mass is 249 g/mol. The molecule has 1 saturated carbocycles. The Morgan fingerprint density at radius 1 is 1.31 bits per heavy atom. The van der Waals surface area contributed by atoms with Crippen LogP contribution in [0.5, 0.6) is 0 Å². The Kier molecular flexibility index (Phi) is 4.76. The highest BCUT2D eigenvalue weighted by atomic mass is 32.2. The molecule has 4 nitrogen and oxygen atoms in total. The largest absolute Gasteiger partial charge is 0.309 e. The highest BCUT2D eigenvalue weighted by molar-refractivity contribution is 7.85. The Hall–Kier alpha value is -0.130. The Bertz CT molecular complexity index is 307. The first-order chi connectivity index (χ1) is 7.31. The normalized spacial score (nSPS) is 22.9. The summed E-state index contributed by atoms with van der Waals surface area (Å²) in [5, 5.41) is 3.49. The average Bonchev–Trinajstić information content (AvgIpc) is 2.14. The van der Waals surface area contributed by atoms with Gasteiger partial charge >= 0.3 is 0 Å². The first-order valence-corrected chi connectivity index (χ1v) is 7.65. The number of rotatable bonds is 5. The lowest BCUT2D eigenvalue weighted by Gasteiger charge is -2.37. The van der Waals surface area contributed by atoms with Crippen molar-refractivity contribution in [3.8, 4) is 0 Å². The van der Waals surface area contributed by atoms with E-state index in [0.717, 1.165) is 12.8 Å². The molecule has 1 aliphatic carbocycles. The van der Waals surface area contributed by atoms with E-state index in [-0.39, 0.29) is 17.3 Å². The summed E-state index contributed by atoms with van der Waals surface area (Å²) in [6, 6.07) is 0.130. The second-order valence-corrected chi connectivity index (χ2v) is 6.81. The van der Waals surface area contributed by atoms with Crippen LogP contribution >= 0.6 is 0 Å². The van der Waals surface area contributed by atoms with Gasteiger partial charge in [-0.3, -0.25) is 4.55 Å². The van der Waals surface area contributed by atoms with Gasteiger partial charge in [-0.15, -0.1) is 0 Å². The third-order valence-electron chi connectivity index (χ3n) is 3.36. The summed E-state index contributed by atoms with van der Waals surface area (Å²) in [5.41, 5.74) is 0.150. The van der Waals surface area contributed by atoms with Crippen LogP contribution in [0, 0.1) is 0 Å². The van der Waals surface area contributed by atoms with Gasteiger partial charge in [-0.2, -0.15) is 8.42 Å². The maximum Gasteiger partial charge on any atom is 0.264 e. The second kappa shape index (κ2) is 5.47. The number of hydrogen-bond acceptors (Lipinski definition) is 3. The van der Waals surface area contributed by atoms with Crippen molar-refractivity contribution in [2.45, 2.75) is 64.0 Å². The van der Waals surface area contributed by atoms with Gasteiger partial charge in [0.05, 0.1) is 5.75 Å². The molecule has 5 heteroatoms. The molecule has 0 spiro atoms. The van der Waals surface area contributed by atoms with Crippen molar-refractivity contribution in [3.05, 3.63) is 0 Å². The molecular formula is C11H23NO3S. The van der Waals surface area contributed by atoms with E-state index in [9.17, 15) is 8.42 Å². The summed E-state index contributed by atoms with van der Waals surface area (Å²) in [6.07, 6.45) is 6.57. The molecule has 0 bridgehead atoms. The van der Waals surface area contributed by atoms with Crippen molar-refractivity contribution in [2.24, 2.45) is 0 Å². The van der Waals surface area contributed by atoms with Crippen LogP contribution in [0.2, 0.25) is 0 Å². The molecule has 0 heterocycles. The third-order valence-corrected chi connectivity index (χ3v) is 4.11. The quantitative estimate of drug-likeness (QED) is 0.731. The Labute approximate surface area is 98.6 Å². The van der Waals surface area contributed by atoms with Crippen LogP contribution in [0.1, 0.15) is 52.4 Å². The highest BCUT2D eigenvalue weighted by Crippen LogP contribution is 2.28. The van der Waals surface area contributed by atoms with E-state index >= 15 is 0 Å². The minimum Gasteiger partial charge on any atom is -0.309 e. The molecule has 96 valence electrons. The van der Waals surface area contributed by atoms with E-state index < -0.39 is 10.1 Å². The zero-order valence-electron chi connectivity index (χ0n) is 10.2. The average molecular weight is 249 g/mol. The lowest BCUT2D eigenvalue weighted by atomic mass is 9.83. The minimum atomic E-state index is -3.82. The van der Waals surface area contributed by atoms with Gasteiger partial charge in [-0.05, 0) is 33.1 Å². The molecular weight excluding hydrogens is 226 g/mol. The Balaban J connectivity index is 2.35. The minimum absolute atomic E-state index is 0.130. The molecule has 0 amide bonds. The summed E-state index contributed by atoms with van der Waals surface area (Å²) in [7, 11) is -3.82. The van der Waals surface area contributed by atoms with Crippen LogP contribution in [0.15, 0.2) is 0 Å². The lowest BCUT2D eigenvalue weighted by molar-refractivity contribution is 0.230. The number of hydrogen-bond donors (Lipinski definition) is 2. The van der Waals surface area contributed by atoms with E-state index in [1.807, 2.05) is 6.92 Å². The maximum absolute atomic E-state index is 10.6. The summed E-state index contributed by atoms with van der Waals surface area (Å²) in [5.74, 6) is -0.156. The van der Waals surface area contributed by atoms with Crippen molar-refractivity contribution in [3.63, 3.8) is 0 Å². The zero-order valence-corrected chi connectivity index (χ0v) is 11.0. The molecule has 1 unspecified atom stereocenters. The standard InChI is InChI=1S/C11H23NO3S/c1-10(6-9-16(13,14)15)12-11(2)7-4-3-5-8-11/h10,12H,3-9H2,1-2H3,(H,13,14,15). The van der Waals surface area contributed by atoms with Gasteiger partial charge in [-0.1, -0.05) is 19.3 Å². The third kappa shape index (κ3) is 5.27. The molecule has 1 atom stereocenters. The van der Waals surface area contributed by atoms with E-state index in [4.69, 9.17) is 4.55 Å². The molecule has 2 N–H and O–H groups in total. The number of nitrogens with one attached hydrogen (secondary N) is 1. The fraction of sp³-hybridized carbons (Fsp3) is 1.00. The Morgan fingerprint density at radius 3 is 2.38 bits per heavy atom. The summed E-state index contributed by atoms with van der Waals surface area (Å²) in [4.78, 5) is 0. The van der Waals surface area contributed by atoms with E-state index in [0.29, 0.717) is 6.42 Å². The Morgan fingerprint density at radius 2 is 1.88 bits per heavy atom. The van der Waals surface area contributed by atoms with Crippen LogP contribution < -0.4 is 5.32 Å². The smallest absolute Gasteiger partial charge is 0.264 e. The van der Waals surface area contributed by atoms with E-state index in [1.54, 1.807) is 0 Å². The van der Waals surface area contributed by atoms with Gasteiger partial charge in [0.25, 0.3) is 10.1 Å². The van der Waals surface area contributed by atoms with Gasteiger partial charge in [-0.25, -0.2) is 0 Å². The first-order valence-electron chi connectivity index (χ1n) is 6.04. The molecule has 16 heavy (non-hydrogen) atoms. The van der Waals surface area contributed by atoms with E-state index in [2.05, 4.69) is 12.2 Å². The molecule has 0 radical (unpaired) electrons. The zero-order chi connectivity index (χ0) is 12.2. The lowest BCUT2D eigenvalue weighted by Crippen LogP contribution is -2.48. The molecule has 1 aliphatic rings. The predicted molar refractivity (Wildman–Crippen MR) is 65.1 cm³/mol. The molecule has 1 fully saturated rings. The van der Waals surface area contributed by atoms with Gasteiger partial charge < -0.3 is 5.32 Å². The summed E-state index contributed by atoms with van der Waals surface area (Å²) in [6.45, 7) is 4.18.